The van der Waals surface area contributed by atoms with Gasteiger partial charge in [0.15, 0.2) is 0 Å². The highest BCUT2D eigenvalue weighted by molar-refractivity contribution is 7.21. The van der Waals surface area contributed by atoms with E-state index in [9.17, 15) is 9.59 Å². The number of amides is 2. The lowest BCUT2D eigenvalue weighted by Gasteiger charge is -2.16. The third-order valence-electron chi connectivity index (χ3n) is 4.56. The van der Waals surface area contributed by atoms with Gasteiger partial charge in [-0.05, 0) is 32.3 Å². The van der Waals surface area contributed by atoms with Crippen LogP contribution in [0.5, 0.6) is 0 Å². The molecule has 8 nitrogen and oxygen atoms in total. The van der Waals surface area contributed by atoms with Crippen LogP contribution in [0.15, 0.2) is 0 Å². The van der Waals surface area contributed by atoms with Gasteiger partial charge >= 0.3 is 6.09 Å². The lowest BCUT2D eigenvalue weighted by Crippen LogP contribution is -2.38. The molecule has 1 aliphatic rings. The molecule has 3 rings (SSSR count). The molecule has 0 aromatic carbocycles. The SMILES string of the molecule is CCCOC(=O)NC1CCN(C(=O)c2sc3nnc(C)c(C)c3c2N)C1. The number of carbonyl (C=O) groups excluding carboxylic acids is 2. The van der Waals surface area contributed by atoms with Crippen LogP contribution in [0, 0.1) is 13.8 Å². The topological polar surface area (TPSA) is 110 Å². The first-order chi connectivity index (χ1) is 12.4. The maximum atomic E-state index is 12.9. The first-order valence-corrected chi connectivity index (χ1v) is 9.48. The van der Waals surface area contributed by atoms with E-state index in [0.29, 0.717) is 41.5 Å². The molecule has 0 saturated carbocycles. The Morgan fingerprint density at radius 1 is 1.38 bits per heavy atom. The summed E-state index contributed by atoms with van der Waals surface area (Å²) in [7, 11) is 0. The highest BCUT2D eigenvalue weighted by Crippen LogP contribution is 2.36. The number of nitrogens with two attached hydrogens (primary N) is 1. The number of carbonyl (C=O) groups is 2. The molecule has 3 N–H and O–H groups in total. The van der Waals surface area contributed by atoms with Crippen LogP contribution in [0.25, 0.3) is 10.2 Å². The molecule has 140 valence electrons. The normalized spacial score (nSPS) is 16.9. The molecule has 0 aliphatic carbocycles. The number of hydrogen-bond acceptors (Lipinski definition) is 7. The second-order valence-corrected chi connectivity index (χ2v) is 7.45. The lowest BCUT2D eigenvalue weighted by atomic mass is 10.1. The lowest BCUT2D eigenvalue weighted by molar-refractivity contribution is 0.0793. The molecule has 3 heterocycles. The third kappa shape index (κ3) is 3.44. The minimum atomic E-state index is -0.436. The summed E-state index contributed by atoms with van der Waals surface area (Å²) in [6, 6.07) is -0.109. The molecule has 1 saturated heterocycles. The number of aryl methyl sites for hydroxylation is 2. The van der Waals surface area contributed by atoms with Crippen LogP contribution >= 0.6 is 11.3 Å². The summed E-state index contributed by atoms with van der Waals surface area (Å²) in [6.07, 6.45) is 1.03. The van der Waals surface area contributed by atoms with Crippen LogP contribution in [-0.2, 0) is 4.74 Å². The van der Waals surface area contributed by atoms with Gasteiger partial charge in [0.1, 0.15) is 9.71 Å². The number of hydrogen-bond donors (Lipinski definition) is 2. The Kier molecular flexibility index (Phi) is 5.26. The van der Waals surface area contributed by atoms with Gasteiger partial charge in [-0.3, -0.25) is 4.79 Å². The van der Waals surface area contributed by atoms with E-state index in [1.54, 1.807) is 4.90 Å². The predicted molar refractivity (Wildman–Crippen MR) is 100 cm³/mol. The summed E-state index contributed by atoms with van der Waals surface area (Å²) in [5, 5.41) is 11.9. The van der Waals surface area contributed by atoms with E-state index >= 15 is 0 Å². The molecule has 0 radical (unpaired) electrons. The fraction of sp³-hybridized carbons (Fsp3) is 0.529. The van der Waals surface area contributed by atoms with Gasteiger partial charge in [-0.25, -0.2) is 4.79 Å². The van der Waals surface area contributed by atoms with Crippen molar-refractivity contribution in [1.82, 2.24) is 20.4 Å². The summed E-state index contributed by atoms with van der Waals surface area (Å²) in [4.78, 5) is 27.4. The van der Waals surface area contributed by atoms with Crippen molar-refractivity contribution in [2.24, 2.45) is 0 Å². The Labute approximate surface area is 155 Å². The molecule has 1 atom stereocenters. The molecule has 9 heteroatoms. The quantitative estimate of drug-likeness (QED) is 0.845. The molecule has 2 aromatic rings. The van der Waals surface area contributed by atoms with E-state index in [0.717, 1.165) is 23.1 Å². The highest BCUT2D eigenvalue weighted by Gasteiger charge is 2.31. The van der Waals surface area contributed by atoms with Crippen molar-refractivity contribution >= 4 is 39.2 Å². The van der Waals surface area contributed by atoms with Gasteiger partial charge < -0.3 is 20.7 Å². The summed E-state index contributed by atoms with van der Waals surface area (Å²) in [5.74, 6) is -0.131. The Hall–Kier alpha value is -2.42. The summed E-state index contributed by atoms with van der Waals surface area (Å²) in [6.45, 7) is 7.13. The number of nitrogen functional groups attached to an aromatic ring is 1. The van der Waals surface area contributed by atoms with E-state index in [1.165, 1.54) is 11.3 Å². The highest BCUT2D eigenvalue weighted by atomic mass is 32.1. The van der Waals surface area contributed by atoms with E-state index in [4.69, 9.17) is 10.5 Å². The van der Waals surface area contributed by atoms with Crippen molar-refractivity contribution in [3.8, 4) is 0 Å². The first-order valence-electron chi connectivity index (χ1n) is 8.66. The number of anilines is 1. The smallest absolute Gasteiger partial charge is 0.407 e. The number of nitrogens with one attached hydrogen (secondary N) is 1. The van der Waals surface area contributed by atoms with Crippen LogP contribution in [0.2, 0.25) is 0 Å². The van der Waals surface area contributed by atoms with Crippen molar-refractivity contribution in [3.05, 3.63) is 16.1 Å². The number of likely N-dealkylation sites (tertiary alicyclic amines) is 1. The van der Waals surface area contributed by atoms with Gasteiger partial charge in [0, 0.05) is 18.5 Å². The molecular formula is C17H23N5O3S. The first kappa shape index (κ1) is 18.4. The fourth-order valence-electron chi connectivity index (χ4n) is 3.01. The number of fused-ring (bicyclic) bond motifs is 1. The van der Waals surface area contributed by atoms with Crippen molar-refractivity contribution in [3.63, 3.8) is 0 Å². The van der Waals surface area contributed by atoms with Gasteiger partial charge in [0.05, 0.1) is 24.0 Å². The molecule has 0 bridgehead atoms. The summed E-state index contributed by atoms with van der Waals surface area (Å²) in [5.41, 5.74) is 8.46. The maximum absolute atomic E-state index is 12.9. The monoisotopic (exact) mass is 377 g/mol. The van der Waals surface area contributed by atoms with E-state index in [-0.39, 0.29) is 11.9 Å². The van der Waals surface area contributed by atoms with Crippen molar-refractivity contribution in [1.29, 1.82) is 0 Å². The molecule has 2 aromatic heterocycles. The molecular weight excluding hydrogens is 354 g/mol. The summed E-state index contributed by atoms with van der Waals surface area (Å²) < 4.78 is 5.03. The minimum absolute atomic E-state index is 0.109. The van der Waals surface area contributed by atoms with E-state index in [2.05, 4.69) is 15.5 Å². The molecule has 0 spiro atoms. The maximum Gasteiger partial charge on any atom is 0.407 e. The van der Waals surface area contributed by atoms with Gasteiger partial charge in [0.25, 0.3) is 5.91 Å². The molecule has 1 aliphatic heterocycles. The second-order valence-electron chi connectivity index (χ2n) is 6.45. The zero-order valence-electron chi connectivity index (χ0n) is 15.2. The number of nitrogens with zero attached hydrogens (tertiary/aromatic N) is 3. The minimum Gasteiger partial charge on any atom is -0.450 e. The largest absolute Gasteiger partial charge is 0.450 e. The second kappa shape index (κ2) is 7.45. The number of aromatic nitrogens is 2. The Balaban J connectivity index is 1.73. The molecule has 1 fully saturated rings. The third-order valence-corrected chi connectivity index (χ3v) is 5.64. The fourth-order valence-corrected chi connectivity index (χ4v) is 4.08. The van der Waals surface area contributed by atoms with Gasteiger partial charge in [-0.15, -0.1) is 16.4 Å². The zero-order valence-corrected chi connectivity index (χ0v) is 16.0. The summed E-state index contributed by atoms with van der Waals surface area (Å²) >= 11 is 1.27. The van der Waals surface area contributed by atoms with Gasteiger partial charge in [0.2, 0.25) is 0 Å². The molecule has 2 amide bonds. The van der Waals surface area contributed by atoms with Crippen molar-refractivity contribution in [2.75, 3.05) is 25.4 Å². The predicted octanol–water partition coefficient (Wildman–Crippen LogP) is 2.24. The van der Waals surface area contributed by atoms with E-state index < -0.39 is 6.09 Å². The number of thiophene rings is 1. The van der Waals surface area contributed by atoms with Crippen LogP contribution in [0.3, 0.4) is 0 Å². The van der Waals surface area contributed by atoms with Crippen LogP contribution in [0.4, 0.5) is 10.5 Å². The van der Waals surface area contributed by atoms with Crippen molar-refractivity contribution < 1.29 is 14.3 Å². The van der Waals surface area contributed by atoms with Crippen LogP contribution in [-0.4, -0.2) is 52.8 Å². The van der Waals surface area contributed by atoms with Gasteiger partial charge in [-0.1, -0.05) is 6.92 Å². The zero-order chi connectivity index (χ0) is 18.8. The van der Waals surface area contributed by atoms with Crippen molar-refractivity contribution in [2.45, 2.75) is 39.7 Å². The molecule has 1 unspecified atom stereocenters. The number of rotatable bonds is 4. The Morgan fingerprint density at radius 2 is 2.15 bits per heavy atom. The van der Waals surface area contributed by atoms with E-state index in [1.807, 2.05) is 20.8 Å². The Morgan fingerprint density at radius 3 is 2.88 bits per heavy atom. The number of alkyl carbamates (subject to hydrolysis) is 1. The molecule has 26 heavy (non-hydrogen) atoms. The number of ether oxygens (including phenoxy) is 1. The van der Waals surface area contributed by atoms with Crippen LogP contribution < -0.4 is 11.1 Å². The standard InChI is InChI=1S/C17H23N5O3S/c1-4-7-25-17(24)19-11-5-6-22(8-11)16(23)14-13(18)12-9(2)10(3)20-21-15(12)26-14/h11H,4-8,18H2,1-3H3,(H,19,24). The van der Waals surface area contributed by atoms with Crippen LogP contribution in [0.1, 0.15) is 40.7 Å². The average molecular weight is 377 g/mol. The average Bonchev–Trinajstić information content (AvgIpc) is 3.21. The van der Waals surface area contributed by atoms with Gasteiger partial charge in [-0.2, -0.15) is 5.10 Å². The Bertz CT molecular complexity index is 851.